The van der Waals surface area contributed by atoms with Gasteiger partial charge in [-0.3, -0.25) is 9.80 Å². The molecule has 0 N–H and O–H groups in total. The van der Waals surface area contributed by atoms with Gasteiger partial charge in [-0.05, 0) is 33.3 Å². The van der Waals surface area contributed by atoms with Crippen LogP contribution in [0.25, 0.3) is 0 Å². The summed E-state index contributed by atoms with van der Waals surface area (Å²) in [6.07, 6.45) is -3.95. The monoisotopic (exact) mass is 493 g/mol. The average molecular weight is 494 g/mol. The van der Waals surface area contributed by atoms with E-state index in [0.717, 1.165) is 10.8 Å². The van der Waals surface area contributed by atoms with Crippen molar-refractivity contribution in [2.45, 2.75) is 58.6 Å². The van der Waals surface area contributed by atoms with E-state index in [1.807, 2.05) is 26.0 Å². The summed E-state index contributed by atoms with van der Waals surface area (Å²) in [5.74, 6) is 0.990. The van der Waals surface area contributed by atoms with Crippen LogP contribution < -0.4 is 9.64 Å². The van der Waals surface area contributed by atoms with E-state index in [0.29, 0.717) is 38.5 Å². The van der Waals surface area contributed by atoms with Gasteiger partial charge in [0, 0.05) is 38.3 Å². The van der Waals surface area contributed by atoms with Crippen LogP contribution in [-0.2, 0) is 4.79 Å². The largest absolute Gasteiger partial charge is 0.481 e. The number of nitrogens with zero attached hydrogens (tertiary/aromatic N) is 5. The number of aromatic nitrogens is 1. The summed E-state index contributed by atoms with van der Waals surface area (Å²) in [6, 6.07) is 5.08. The van der Waals surface area contributed by atoms with Crippen LogP contribution in [0.4, 0.5) is 19.0 Å². The molecule has 0 radical (unpaired) electrons. The Kier molecular flexibility index (Phi) is 11.8. The van der Waals surface area contributed by atoms with E-state index in [4.69, 9.17) is 16.3 Å². The molecule has 188 valence electrons. The molecule has 1 saturated heterocycles. The van der Waals surface area contributed by atoms with Gasteiger partial charge in [0.15, 0.2) is 5.71 Å². The lowest BCUT2D eigenvalue weighted by Gasteiger charge is -2.29. The van der Waals surface area contributed by atoms with E-state index in [1.54, 1.807) is 31.9 Å². The minimum atomic E-state index is -4.66. The van der Waals surface area contributed by atoms with Gasteiger partial charge in [-0.1, -0.05) is 19.9 Å². The van der Waals surface area contributed by atoms with Crippen LogP contribution in [0.15, 0.2) is 23.3 Å². The Morgan fingerprint density at radius 1 is 1.21 bits per heavy atom. The van der Waals surface area contributed by atoms with Gasteiger partial charge in [-0.25, -0.2) is 0 Å². The zero-order valence-electron chi connectivity index (χ0n) is 20.2. The Hall–Kier alpha value is -2.23. The third-order valence-corrected chi connectivity index (χ3v) is 5.09. The predicted octanol–water partition coefficient (Wildman–Crippen LogP) is 4.41. The molecule has 1 aliphatic rings. The molecule has 1 amide bonds. The normalized spacial score (nSPS) is 16.0. The van der Waals surface area contributed by atoms with Crippen molar-refractivity contribution in [2.24, 2.45) is 5.10 Å². The van der Waals surface area contributed by atoms with Crippen molar-refractivity contribution in [3.63, 3.8) is 0 Å². The summed E-state index contributed by atoms with van der Waals surface area (Å²) in [6.45, 7) is 10.5. The SMILES string of the molecule is CC.COc1cccc(N2CCCN(C(=O)CN(/N=C(\C(C)Cl)C(F)(F)F)C(C)C)CC2)n1. The Morgan fingerprint density at radius 2 is 1.88 bits per heavy atom. The van der Waals surface area contributed by atoms with Gasteiger partial charge in [0.1, 0.15) is 12.4 Å². The molecule has 1 atom stereocenters. The van der Waals surface area contributed by atoms with Gasteiger partial charge in [-0.2, -0.15) is 23.3 Å². The van der Waals surface area contributed by atoms with Crippen LogP contribution in [-0.4, -0.2) is 83.9 Å². The molecule has 2 heterocycles. The quantitative estimate of drug-likeness (QED) is 0.320. The number of pyridine rings is 1. The molecular formula is C22H35ClF3N5O2. The van der Waals surface area contributed by atoms with Gasteiger partial charge in [0.2, 0.25) is 11.8 Å². The number of methoxy groups -OCH3 is 1. The molecule has 0 aliphatic carbocycles. The number of rotatable bonds is 7. The summed E-state index contributed by atoms with van der Waals surface area (Å²) >= 11 is 5.69. The highest BCUT2D eigenvalue weighted by molar-refractivity contribution is 6.32. The highest BCUT2D eigenvalue weighted by Crippen LogP contribution is 2.23. The minimum absolute atomic E-state index is 0.252. The second-order valence-corrected chi connectivity index (χ2v) is 8.20. The molecule has 1 aromatic heterocycles. The summed E-state index contributed by atoms with van der Waals surface area (Å²) in [5, 5.41) is 3.53. The smallest absolute Gasteiger partial charge is 0.432 e. The Balaban J connectivity index is 0.00000265. The molecule has 7 nitrogen and oxygen atoms in total. The Morgan fingerprint density at radius 3 is 2.42 bits per heavy atom. The molecule has 1 aliphatic heterocycles. The first kappa shape index (κ1) is 28.8. The number of hydrazone groups is 1. The molecule has 2 rings (SSSR count). The Labute approximate surface area is 199 Å². The molecular weight excluding hydrogens is 459 g/mol. The number of carbonyl (C=O) groups is 1. The molecule has 33 heavy (non-hydrogen) atoms. The van der Waals surface area contributed by atoms with Gasteiger partial charge >= 0.3 is 6.18 Å². The van der Waals surface area contributed by atoms with Crippen molar-refractivity contribution in [3.05, 3.63) is 18.2 Å². The first-order valence-electron chi connectivity index (χ1n) is 11.1. The first-order chi connectivity index (χ1) is 15.5. The lowest BCUT2D eigenvalue weighted by molar-refractivity contribution is -0.132. The summed E-state index contributed by atoms with van der Waals surface area (Å²) in [4.78, 5) is 21.0. The standard InChI is InChI=1S/C20H29ClF3N5O2.C2H6/c1-14(2)29(26-19(15(3)21)20(22,23)24)13-18(30)28-10-6-9-27(11-12-28)16-7-5-8-17(25-16)31-4;1-2/h5,7-8,14-15H,6,9-13H2,1-4H3;1-2H3/b26-19+;. The van der Waals surface area contributed by atoms with E-state index in [2.05, 4.69) is 15.0 Å². The van der Waals surface area contributed by atoms with Gasteiger partial charge in [0.25, 0.3) is 0 Å². The number of hydrogen-bond donors (Lipinski definition) is 0. The van der Waals surface area contributed by atoms with Crippen molar-refractivity contribution in [1.29, 1.82) is 0 Å². The van der Waals surface area contributed by atoms with Crippen LogP contribution >= 0.6 is 11.6 Å². The molecule has 1 fully saturated rings. The van der Waals surface area contributed by atoms with Gasteiger partial charge in [-0.15, -0.1) is 11.6 Å². The fourth-order valence-corrected chi connectivity index (χ4v) is 3.33. The fraction of sp³-hybridized carbons (Fsp3) is 0.682. The van der Waals surface area contributed by atoms with E-state index in [1.165, 1.54) is 6.92 Å². The first-order valence-corrected chi connectivity index (χ1v) is 11.6. The number of hydrogen-bond acceptors (Lipinski definition) is 6. The maximum atomic E-state index is 13.2. The molecule has 0 aromatic carbocycles. The molecule has 0 saturated carbocycles. The number of amides is 1. The van der Waals surface area contributed by atoms with Crippen LogP contribution in [0.5, 0.6) is 5.88 Å². The topological polar surface area (TPSA) is 61.3 Å². The van der Waals surface area contributed by atoms with Crippen molar-refractivity contribution < 1.29 is 22.7 Å². The van der Waals surface area contributed by atoms with Crippen LogP contribution in [0.1, 0.15) is 41.0 Å². The predicted molar refractivity (Wildman–Crippen MR) is 126 cm³/mol. The van der Waals surface area contributed by atoms with E-state index >= 15 is 0 Å². The van der Waals surface area contributed by atoms with Crippen LogP contribution in [0.2, 0.25) is 0 Å². The van der Waals surface area contributed by atoms with Crippen molar-refractivity contribution in [2.75, 3.05) is 44.7 Å². The number of halogens is 4. The lowest BCUT2D eigenvalue weighted by atomic mass is 10.3. The zero-order valence-corrected chi connectivity index (χ0v) is 20.9. The molecule has 11 heteroatoms. The van der Waals surface area contributed by atoms with Crippen molar-refractivity contribution in [1.82, 2.24) is 14.9 Å². The van der Waals surface area contributed by atoms with Gasteiger partial charge in [0.05, 0.1) is 12.5 Å². The van der Waals surface area contributed by atoms with E-state index in [9.17, 15) is 18.0 Å². The van der Waals surface area contributed by atoms with E-state index < -0.39 is 23.3 Å². The average Bonchev–Trinajstić information content (AvgIpc) is 3.03. The van der Waals surface area contributed by atoms with Crippen molar-refractivity contribution >= 4 is 29.0 Å². The maximum Gasteiger partial charge on any atom is 0.432 e. The minimum Gasteiger partial charge on any atom is -0.481 e. The summed E-state index contributed by atoms with van der Waals surface area (Å²) in [5.41, 5.74) is -1.11. The van der Waals surface area contributed by atoms with Gasteiger partial charge < -0.3 is 14.5 Å². The third kappa shape index (κ3) is 8.91. The maximum absolute atomic E-state index is 13.2. The third-order valence-electron chi connectivity index (χ3n) is 4.89. The number of carbonyl (C=O) groups excluding carboxylic acids is 1. The highest BCUT2D eigenvalue weighted by atomic mass is 35.5. The van der Waals surface area contributed by atoms with Crippen LogP contribution in [0, 0.1) is 0 Å². The molecule has 1 aromatic rings. The Bertz CT molecular complexity index is 775. The molecule has 0 spiro atoms. The van der Waals surface area contributed by atoms with E-state index in [-0.39, 0.29) is 12.5 Å². The molecule has 1 unspecified atom stereocenters. The zero-order chi connectivity index (χ0) is 25.2. The number of anilines is 1. The second kappa shape index (κ2) is 13.5. The summed E-state index contributed by atoms with van der Waals surface area (Å²) in [7, 11) is 1.55. The molecule has 0 bridgehead atoms. The lowest BCUT2D eigenvalue weighted by Crippen LogP contribution is -2.44. The van der Waals surface area contributed by atoms with Crippen LogP contribution in [0.3, 0.4) is 0 Å². The number of ether oxygens (including phenoxy) is 1. The van der Waals surface area contributed by atoms with Crippen molar-refractivity contribution in [3.8, 4) is 5.88 Å². The highest BCUT2D eigenvalue weighted by Gasteiger charge is 2.39. The fourth-order valence-electron chi connectivity index (χ4n) is 3.16. The number of alkyl halides is 4. The second-order valence-electron chi connectivity index (χ2n) is 7.55. The summed E-state index contributed by atoms with van der Waals surface area (Å²) < 4.78 is 44.9.